The van der Waals surface area contributed by atoms with Gasteiger partial charge in [-0.05, 0) is 61.4 Å². The number of amides is 2. The summed E-state index contributed by atoms with van der Waals surface area (Å²) in [6.45, 7) is 1.42. The molecule has 1 fully saturated rings. The topological polar surface area (TPSA) is 75.4 Å². The van der Waals surface area contributed by atoms with Crippen LogP contribution in [-0.4, -0.2) is 34.8 Å². The number of rotatable bonds is 4. The minimum Gasteiger partial charge on any atom is -0.459 e. The predicted molar refractivity (Wildman–Crippen MR) is 121 cm³/mol. The molecule has 2 aromatic heterocycles. The van der Waals surface area contributed by atoms with E-state index in [4.69, 9.17) is 9.40 Å². The highest BCUT2D eigenvalue weighted by Crippen LogP contribution is 2.33. The number of para-hydroxylation sites is 1. The second-order valence-electron chi connectivity index (χ2n) is 7.62. The number of piperidine rings is 1. The molecule has 4 aromatic rings. The average molecular weight is 432 g/mol. The lowest BCUT2D eigenvalue weighted by Crippen LogP contribution is -2.39. The molecule has 5 rings (SSSR count). The molecule has 1 aliphatic heterocycles. The molecule has 2 aromatic carbocycles. The van der Waals surface area contributed by atoms with Gasteiger partial charge < -0.3 is 14.6 Å². The molecular weight excluding hydrogens is 410 g/mol. The highest BCUT2D eigenvalue weighted by Gasteiger charge is 2.27. The monoisotopic (exact) mass is 431 g/mol. The number of nitrogens with one attached hydrogen (secondary N) is 1. The molecular formula is C24H21N3O3S. The molecule has 1 N–H and O–H groups in total. The zero-order chi connectivity index (χ0) is 21.2. The molecule has 156 valence electrons. The number of fused-ring (bicyclic) bond motifs is 1. The highest BCUT2D eigenvalue weighted by atomic mass is 32.1. The first-order valence-corrected chi connectivity index (χ1v) is 11.1. The maximum Gasteiger partial charge on any atom is 0.291 e. The summed E-state index contributed by atoms with van der Waals surface area (Å²) in [7, 11) is 0. The number of benzene rings is 2. The SMILES string of the molecule is O=C(Nc1ccc(C(=O)N2CCC[C@H](c3nc4ccccc4s3)C2)cc1)c1ccco1. The van der Waals surface area contributed by atoms with Crippen LogP contribution in [0, 0.1) is 0 Å². The van der Waals surface area contributed by atoms with Crippen molar-refractivity contribution in [2.75, 3.05) is 18.4 Å². The second kappa shape index (κ2) is 8.35. The summed E-state index contributed by atoms with van der Waals surface area (Å²) in [5.74, 6) is 0.199. The van der Waals surface area contributed by atoms with Crippen molar-refractivity contribution in [1.29, 1.82) is 0 Å². The van der Waals surface area contributed by atoms with E-state index in [0.717, 1.165) is 29.9 Å². The van der Waals surface area contributed by atoms with Gasteiger partial charge in [0.2, 0.25) is 0 Å². The Morgan fingerprint density at radius 3 is 2.68 bits per heavy atom. The van der Waals surface area contributed by atoms with Crippen molar-refractivity contribution in [3.63, 3.8) is 0 Å². The fourth-order valence-electron chi connectivity index (χ4n) is 3.91. The Hall–Kier alpha value is -3.45. The second-order valence-corrected chi connectivity index (χ2v) is 8.68. The van der Waals surface area contributed by atoms with Gasteiger partial charge in [-0.25, -0.2) is 4.98 Å². The number of carbonyl (C=O) groups excluding carboxylic acids is 2. The summed E-state index contributed by atoms with van der Waals surface area (Å²) >= 11 is 1.72. The number of hydrogen-bond acceptors (Lipinski definition) is 5. The number of likely N-dealkylation sites (tertiary alicyclic amines) is 1. The van der Waals surface area contributed by atoms with Crippen LogP contribution in [0.1, 0.15) is 44.7 Å². The van der Waals surface area contributed by atoms with Gasteiger partial charge in [0.15, 0.2) is 5.76 Å². The van der Waals surface area contributed by atoms with Crippen LogP contribution >= 0.6 is 11.3 Å². The van der Waals surface area contributed by atoms with Crippen molar-refractivity contribution >= 4 is 39.1 Å². The van der Waals surface area contributed by atoms with Crippen LogP contribution in [0.25, 0.3) is 10.2 Å². The van der Waals surface area contributed by atoms with Gasteiger partial charge in [-0.3, -0.25) is 9.59 Å². The Balaban J connectivity index is 1.26. The molecule has 0 saturated carbocycles. The number of thiazole rings is 1. The maximum atomic E-state index is 13.1. The standard InChI is InChI=1S/C24H21N3O3S/c28-22(20-7-4-14-30-20)25-18-11-9-16(10-12-18)24(29)27-13-3-5-17(15-27)23-26-19-6-1-2-8-21(19)31-23/h1-2,4,6-12,14,17H,3,5,13,15H2,(H,25,28)/t17-/m0/s1. The molecule has 0 aliphatic carbocycles. The highest BCUT2D eigenvalue weighted by molar-refractivity contribution is 7.18. The molecule has 0 radical (unpaired) electrons. The van der Waals surface area contributed by atoms with Gasteiger partial charge in [-0.15, -0.1) is 11.3 Å². The van der Waals surface area contributed by atoms with E-state index in [0.29, 0.717) is 17.8 Å². The fourth-order valence-corrected chi connectivity index (χ4v) is 5.00. The largest absolute Gasteiger partial charge is 0.459 e. The van der Waals surface area contributed by atoms with Crippen LogP contribution in [0.15, 0.2) is 71.3 Å². The molecule has 0 spiro atoms. The number of anilines is 1. The third-order valence-electron chi connectivity index (χ3n) is 5.50. The van der Waals surface area contributed by atoms with E-state index in [9.17, 15) is 9.59 Å². The van der Waals surface area contributed by atoms with Crippen molar-refractivity contribution in [1.82, 2.24) is 9.88 Å². The fraction of sp³-hybridized carbons (Fsp3) is 0.208. The smallest absolute Gasteiger partial charge is 0.291 e. The Morgan fingerprint density at radius 2 is 1.90 bits per heavy atom. The molecule has 3 heterocycles. The number of carbonyl (C=O) groups is 2. The van der Waals surface area contributed by atoms with Crippen LogP contribution < -0.4 is 5.32 Å². The lowest BCUT2D eigenvalue weighted by Gasteiger charge is -2.32. The summed E-state index contributed by atoms with van der Waals surface area (Å²) in [6.07, 6.45) is 3.46. The summed E-state index contributed by atoms with van der Waals surface area (Å²) in [4.78, 5) is 31.9. The van der Waals surface area contributed by atoms with Crippen LogP contribution in [-0.2, 0) is 0 Å². The molecule has 1 aliphatic rings. The van der Waals surface area contributed by atoms with Gasteiger partial charge in [0, 0.05) is 30.3 Å². The third-order valence-corrected chi connectivity index (χ3v) is 6.70. The summed E-state index contributed by atoms with van der Waals surface area (Å²) in [6, 6.07) is 18.4. The molecule has 2 amide bonds. The predicted octanol–water partition coefficient (Wildman–Crippen LogP) is 5.16. The summed E-state index contributed by atoms with van der Waals surface area (Å²) in [5.41, 5.74) is 2.25. The molecule has 0 unspecified atom stereocenters. The van der Waals surface area contributed by atoms with Crippen molar-refractivity contribution in [2.45, 2.75) is 18.8 Å². The van der Waals surface area contributed by atoms with Crippen LogP contribution in [0.2, 0.25) is 0 Å². The van der Waals surface area contributed by atoms with Crippen molar-refractivity contribution in [3.05, 3.63) is 83.3 Å². The molecule has 1 atom stereocenters. The number of hydrogen-bond donors (Lipinski definition) is 1. The Labute approximate surface area is 183 Å². The van der Waals surface area contributed by atoms with E-state index >= 15 is 0 Å². The van der Waals surface area contributed by atoms with E-state index < -0.39 is 0 Å². The van der Waals surface area contributed by atoms with Crippen LogP contribution in [0.5, 0.6) is 0 Å². The van der Waals surface area contributed by atoms with Crippen molar-refractivity contribution < 1.29 is 14.0 Å². The van der Waals surface area contributed by atoms with E-state index in [1.54, 1.807) is 47.7 Å². The summed E-state index contributed by atoms with van der Waals surface area (Å²) < 4.78 is 6.29. The van der Waals surface area contributed by atoms with Crippen LogP contribution in [0.3, 0.4) is 0 Å². The molecule has 6 nitrogen and oxygen atoms in total. The first kappa shape index (κ1) is 19.5. The van der Waals surface area contributed by atoms with Gasteiger partial charge in [0.1, 0.15) is 0 Å². The van der Waals surface area contributed by atoms with E-state index in [1.165, 1.54) is 11.0 Å². The van der Waals surface area contributed by atoms with E-state index in [1.807, 2.05) is 23.1 Å². The minimum atomic E-state index is -0.321. The molecule has 1 saturated heterocycles. The Kier molecular flexibility index (Phi) is 5.26. The Morgan fingerprint density at radius 1 is 1.06 bits per heavy atom. The van der Waals surface area contributed by atoms with Gasteiger partial charge >= 0.3 is 0 Å². The lowest BCUT2D eigenvalue weighted by atomic mass is 9.98. The maximum absolute atomic E-state index is 13.1. The quantitative estimate of drug-likeness (QED) is 0.484. The normalized spacial score (nSPS) is 16.4. The lowest BCUT2D eigenvalue weighted by molar-refractivity contribution is 0.0707. The van der Waals surface area contributed by atoms with Gasteiger partial charge in [-0.2, -0.15) is 0 Å². The first-order chi connectivity index (χ1) is 15.2. The summed E-state index contributed by atoms with van der Waals surface area (Å²) in [5, 5.41) is 3.87. The van der Waals surface area contributed by atoms with Gasteiger partial charge in [0.25, 0.3) is 11.8 Å². The number of furan rings is 1. The number of nitrogens with zero attached hydrogens (tertiary/aromatic N) is 2. The Bertz CT molecular complexity index is 1180. The van der Waals surface area contributed by atoms with Gasteiger partial charge in [-0.1, -0.05) is 12.1 Å². The van der Waals surface area contributed by atoms with Crippen molar-refractivity contribution in [3.8, 4) is 0 Å². The first-order valence-electron chi connectivity index (χ1n) is 10.3. The third kappa shape index (κ3) is 4.09. The molecule has 7 heteroatoms. The van der Waals surface area contributed by atoms with Crippen LogP contribution in [0.4, 0.5) is 5.69 Å². The average Bonchev–Trinajstić information content (AvgIpc) is 3.49. The van der Waals surface area contributed by atoms with Gasteiger partial charge in [0.05, 0.1) is 21.5 Å². The molecule has 0 bridgehead atoms. The zero-order valence-electron chi connectivity index (χ0n) is 16.8. The minimum absolute atomic E-state index is 0.00900. The van der Waals surface area contributed by atoms with E-state index in [-0.39, 0.29) is 23.5 Å². The van der Waals surface area contributed by atoms with E-state index in [2.05, 4.69) is 11.4 Å². The molecule has 31 heavy (non-hydrogen) atoms. The van der Waals surface area contributed by atoms with Crippen molar-refractivity contribution in [2.24, 2.45) is 0 Å². The zero-order valence-corrected chi connectivity index (χ0v) is 17.6. The number of aromatic nitrogens is 1.